The van der Waals surface area contributed by atoms with Gasteiger partial charge in [0.15, 0.2) is 6.61 Å². The van der Waals surface area contributed by atoms with E-state index in [2.05, 4.69) is 5.48 Å². The fraction of sp³-hybridized carbons (Fsp3) is 0.318. The van der Waals surface area contributed by atoms with E-state index < -0.39 is 32.6 Å². The van der Waals surface area contributed by atoms with Crippen molar-refractivity contribution >= 4 is 21.6 Å². The predicted octanol–water partition coefficient (Wildman–Crippen LogP) is 2.53. The second-order valence-electron chi connectivity index (χ2n) is 7.36. The summed E-state index contributed by atoms with van der Waals surface area (Å²) in [6.45, 7) is -0.514. The van der Waals surface area contributed by atoms with E-state index in [1.54, 1.807) is 30.3 Å². The van der Waals surface area contributed by atoms with Crippen LogP contribution in [-0.4, -0.2) is 56.6 Å². The van der Waals surface area contributed by atoms with Gasteiger partial charge in [-0.05, 0) is 36.4 Å². The van der Waals surface area contributed by atoms with Gasteiger partial charge in [0.05, 0.1) is 17.1 Å². The molecule has 2 aromatic carbocycles. The highest BCUT2D eigenvalue weighted by Crippen LogP contribution is 2.31. The highest BCUT2D eigenvalue weighted by atomic mass is 32.2. The van der Waals surface area contributed by atoms with Crippen molar-refractivity contribution in [1.82, 2.24) is 9.79 Å². The quantitative estimate of drug-likeness (QED) is 0.515. The Morgan fingerprint density at radius 3 is 2.50 bits per heavy atom. The summed E-state index contributed by atoms with van der Waals surface area (Å²) in [5.41, 5.74) is 2.74. The molecule has 0 fully saturated rings. The van der Waals surface area contributed by atoms with Gasteiger partial charge in [0.25, 0.3) is 5.91 Å². The standard InChI is InChI=1S/C22H24F3N3O5S/c23-22(24,25)17-5-4-8-20(15-17)34(31,32)27-11-9-18(10-12-27)26-33-16-21(30)28(13-14-29)19-6-2-1-3-7-19/h1-9,15,26,29H,10-14,16H2. The number of halogens is 3. The van der Waals surface area contributed by atoms with Crippen LogP contribution in [0.5, 0.6) is 0 Å². The summed E-state index contributed by atoms with van der Waals surface area (Å²) < 4.78 is 65.4. The van der Waals surface area contributed by atoms with E-state index in [-0.39, 0.29) is 39.3 Å². The lowest BCUT2D eigenvalue weighted by molar-refractivity contribution is -0.137. The highest BCUT2D eigenvalue weighted by molar-refractivity contribution is 7.89. The molecule has 0 atom stereocenters. The topological polar surface area (TPSA) is 99.2 Å². The first-order valence-corrected chi connectivity index (χ1v) is 11.8. The van der Waals surface area contributed by atoms with Gasteiger partial charge >= 0.3 is 6.18 Å². The Morgan fingerprint density at radius 1 is 1.15 bits per heavy atom. The maximum Gasteiger partial charge on any atom is 0.416 e. The summed E-state index contributed by atoms with van der Waals surface area (Å²) in [7, 11) is -4.11. The van der Waals surface area contributed by atoms with Gasteiger partial charge in [0.1, 0.15) is 0 Å². The maximum atomic E-state index is 12.9. The fourth-order valence-corrected chi connectivity index (χ4v) is 4.74. The molecule has 12 heteroatoms. The predicted molar refractivity (Wildman–Crippen MR) is 118 cm³/mol. The summed E-state index contributed by atoms with van der Waals surface area (Å²) in [6.07, 6.45) is -2.90. The number of alkyl halides is 3. The van der Waals surface area contributed by atoms with Crippen molar-refractivity contribution in [3.8, 4) is 0 Å². The summed E-state index contributed by atoms with van der Waals surface area (Å²) in [4.78, 5) is 18.7. The first kappa shape index (κ1) is 25.7. The molecule has 0 radical (unpaired) electrons. The number of carbonyl (C=O) groups is 1. The van der Waals surface area contributed by atoms with Crippen molar-refractivity contribution in [2.24, 2.45) is 0 Å². The molecule has 184 valence electrons. The number of hydroxylamine groups is 1. The van der Waals surface area contributed by atoms with Crippen LogP contribution in [0.2, 0.25) is 0 Å². The Bertz CT molecular complexity index is 1120. The van der Waals surface area contributed by atoms with Crippen molar-refractivity contribution in [2.75, 3.05) is 37.7 Å². The molecule has 0 aliphatic carbocycles. The molecule has 34 heavy (non-hydrogen) atoms. The van der Waals surface area contributed by atoms with Crippen molar-refractivity contribution in [2.45, 2.75) is 17.5 Å². The maximum absolute atomic E-state index is 12.9. The molecule has 1 amide bonds. The molecule has 0 bridgehead atoms. The van der Waals surface area contributed by atoms with E-state index in [1.807, 2.05) is 0 Å². The third-order valence-electron chi connectivity index (χ3n) is 5.06. The molecule has 0 saturated carbocycles. The number of para-hydroxylation sites is 1. The van der Waals surface area contributed by atoms with Crippen LogP contribution >= 0.6 is 0 Å². The molecule has 0 aromatic heterocycles. The minimum Gasteiger partial charge on any atom is -0.395 e. The second kappa shape index (κ2) is 11.0. The van der Waals surface area contributed by atoms with Crippen LogP contribution in [0.15, 0.2) is 71.3 Å². The second-order valence-corrected chi connectivity index (χ2v) is 9.30. The number of nitrogens with one attached hydrogen (secondary N) is 1. The number of hydrogen-bond donors (Lipinski definition) is 2. The summed E-state index contributed by atoms with van der Waals surface area (Å²) in [5, 5.41) is 9.24. The Kier molecular flexibility index (Phi) is 8.31. The van der Waals surface area contributed by atoms with E-state index in [0.29, 0.717) is 17.5 Å². The first-order valence-electron chi connectivity index (χ1n) is 10.3. The Balaban J connectivity index is 1.56. The smallest absolute Gasteiger partial charge is 0.395 e. The molecule has 2 aromatic rings. The Hall–Kier alpha value is -2.93. The number of rotatable bonds is 9. The molecular formula is C22H24F3N3O5S. The van der Waals surface area contributed by atoms with Crippen molar-refractivity contribution in [3.05, 3.63) is 71.9 Å². The SMILES string of the molecule is O=C(CONC1=CCN(S(=O)(=O)c2cccc(C(F)(F)F)c2)CC1)N(CCO)c1ccccc1. The van der Waals surface area contributed by atoms with E-state index in [9.17, 15) is 31.5 Å². The molecule has 1 heterocycles. The van der Waals surface area contributed by atoms with Gasteiger partial charge in [-0.1, -0.05) is 24.3 Å². The molecule has 2 N–H and O–H groups in total. The molecule has 1 aliphatic heterocycles. The van der Waals surface area contributed by atoms with Gasteiger partial charge in [-0.3, -0.25) is 15.1 Å². The van der Waals surface area contributed by atoms with Crippen LogP contribution in [0.1, 0.15) is 12.0 Å². The normalized spacial score (nSPS) is 15.0. The zero-order valence-electron chi connectivity index (χ0n) is 18.0. The Morgan fingerprint density at radius 2 is 1.88 bits per heavy atom. The number of hydrogen-bond acceptors (Lipinski definition) is 6. The molecular weight excluding hydrogens is 475 g/mol. The molecule has 0 spiro atoms. The minimum absolute atomic E-state index is 0.0232. The summed E-state index contributed by atoms with van der Waals surface area (Å²) >= 11 is 0. The lowest BCUT2D eigenvalue weighted by atomic mass is 10.2. The molecule has 1 aliphatic rings. The number of benzene rings is 2. The van der Waals surface area contributed by atoms with Gasteiger partial charge in [-0.15, -0.1) is 0 Å². The monoisotopic (exact) mass is 499 g/mol. The average Bonchev–Trinajstić information content (AvgIpc) is 2.83. The molecule has 0 saturated heterocycles. The highest BCUT2D eigenvalue weighted by Gasteiger charge is 2.33. The third kappa shape index (κ3) is 6.35. The molecule has 3 rings (SSSR count). The van der Waals surface area contributed by atoms with Crippen molar-refractivity contribution in [1.29, 1.82) is 0 Å². The van der Waals surface area contributed by atoms with Gasteiger partial charge in [0, 0.05) is 37.4 Å². The van der Waals surface area contributed by atoms with E-state index in [1.165, 1.54) is 11.0 Å². The Labute approximate surface area is 195 Å². The number of sulfonamides is 1. The number of aliphatic hydroxyl groups is 1. The number of nitrogens with zero attached hydrogens (tertiary/aromatic N) is 2. The van der Waals surface area contributed by atoms with E-state index >= 15 is 0 Å². The number of aliphatic hydroxyl groups excluding tert-OH is 1. The zero-order chi connectivity index (χ0) is 24.8. The van der Waals surface area contributed by atoms with Crippen LogP contribution < -0.4 is 10.4 Å². The minimum atomic E-state index is -4.65. The lowest BCUT2D eigenvalue weighted by Gasteiger charge is -2.26. The zero-order valence-corrected chi connectivity index (χ0v) is 18.8. The number of anilines is 1. The van der Waals surface area contributed by atoms with Crippen LogP contribution in [0.3, 0.4) is 0 Å². The molecule has 8 nitrogen and oxygen atoms in total. The van der Waals surface area contributed by atoms with Crippen LogP contribution in [0.25, 0.3) is 0 Å². The van der Waals surface area contributed by atoms with Crippen molar-refractivity contribution in [3.63, 3.8) is 0 Å². The van der Waals surface area contributed by atoms with Gasteiger partial charge in [0.2, 0.25) is 10.0 Å². The first-order chi connectivity index (χ1) is 16.1. The number of amides is 1. The summed E-state index contributed by atoms with van der Waals surface area (Å²) in [6, 6.07) is 12.4. The van der Waals surface area contributed by atoms with Gasteiger partial charge < -0.3 is 10.0 Å². The van der Waals surface area contributed by atoms with E-state index in [4.69, 9.17) is 4.84 Å². The van der Waals surface area contributed by atoms with Crippen molar-refractivity contribution < 1.29 is 36.3 Å². The van der Waals surface area contributed by atoms with Gasteiger partial charge in [-0.25, -0.2) is 8.42 Å². The molecule has 0 unspecified atom stereocenters. The fourth-order valence-electron chi connectivity index (χ4n) is 3.32. The summed E-state index contributed by atoms with van der Waals surface area (Å²) in [5.74, 6) is -0.391. The van der Waals surface area contributed by atoms with E-state index in [0.717, 1.165) is 22.5 Å². The van der Waals surface area contributed by atoms with Crippen LogP contribution in [-0.2, 0) is 25.8 Å². The van der Waals surface area contributed by atoms with Gasteiger partial charge in [-0.2, -0.15) is 17.5 Å². The largest absolute Gasteiger partial charge is 0.416 e. The third-order valence-corrected chi connectivity index (χ3v) is 6.92. The average molecular weight is 500 g/mol. The number of carbonyl (C=O) groups excluding carboxylic acids is 1. The van der Waals surface area contributed by atoms with Crippen LogP contribution in [0, 0.1) is 0 Å². The lowest BCUT2D eigenvalue weighted by Crippen LogP contribution is -2.39. The van der Waals surface area contributed by atoms with Crippen LogP contribution in [0.4, 0.5) is 18.9 Å².